The van der Waals surface area contributed by atoms with E-state index in [1.54, 1.807) is 0 Å². The van der Waals surface area contributed by atoms with Crippen LogP contribution in [0.4, 0.5) is 5.69 Å². The van der Waals surface area contributed by atoms with Gasteiger partial charge in [0.05, 0.1) is 6.54 Å². The number of nitrogens with two attached hydrogens (primary N) is 1. The molecule has 21 heavy (non-hydrogen) atoms. The van der Waals surface area contributed by atoms with Gasteiger partial charge < -0.3 is 11.1 Å². The van der Waals surface area contributed by atoms with Gasteiger partial charge in [0.25, 0.3) is 0 Å². The molecule has 0 saturated carbocycles. The highest BCUT2D eigenvalue weighted by molar-refractivity contribution is 5.92. The molecule has 118 valence electrons. The third-order valence-electron chi connectivity index (χ3n) is 3.57. The van der Waals surface area contributed by atoms with Crippen LogP contribution in [0.2, 0.25) is 0 Å². The average molecular weight is 291 g/mol. The summed E-state index contributed by atoms with van der Waals surface area (Å²) in [6, 6.07) is 8.07. The van der Waals surface area contributed by atoms with Crippen molar-refractivity contribution in [3.05, 3.63) is 29.8 Å². The topological polar surface area (TPSA) is 58.4 Å². The lowest BCUT2D eigenvalue weighted by Gasteiger charge is -2.25. The zero-order valence-corrected chi connectivity index (χ0v) is 13.6. The lowest BCUT2D eigenvalue weighted by Crippen LogP contribution is -2.38. The summed E-state index contributed by atoms with van der Waals surface area (Å²) in [5.41, 5.74) is 7.46. The molecule has 0 heterocycles. The van der Waals surface area contributed by atoms with Crippen LogP contribution in [0.5, 0.6) is 0 Å². The van der Waals surface area contributed by atoms with Gasteiger partial charge in [0.1, 0.15) is 0 Å². The normalized spacial score (nSPS) is 11.1. The Morgan fingerprint density at radius 2 is 2.10 bits per heavy atom. The number of nitrogens with zero attached hydrogens (tertiary/aromatic N) is 1. The third kappa shape index (κ3) is 6.74. The fraction of sp³-hybridized carbons (Fsp3) is 0.588. The second kappa shape index (κ2) is 9.53. The number of benzene rings is 1. The van der Waals surface area contributed by atoms with E-state index in [9.17, 15) is 4.79 Å². The third-order valence-corrected chi connectivity index (χ3v) is 3.57. The summed E-state index contributed by atoms with van der Waals surface area (Å²) in [5.74, 6) is 0.0365. The molecule has 0 atom stereocenters. The van der Waals surface area contributed by atoms with Crippen LogP contribution < -0.4 is 11.1 Å². The number of unbranched alkanes of at least 4 members (excludes halogenated alkanes) is 2. The molecule has 4 nitrogen and oxygen atoms in total. The molecule has 0 radical (unpaired) electrons. The SMILES string of the molecule is CCCCCN(CC(=O)Nc1cccc(CN)c1)C(C)C. The predicted molar refractivity (Wildman–Crippen MR) is 89.2 cm³/mol. The molecular weight excluding hydrogens is 262 g/mol. The average Bonchev–Trinajstić information content (AvgIpc) is 2.46. The Morgan fingerprint density at radius 1 is 1.33 bits per heavy atom. The van der Waals surface area contributed by atoms with Crippen LogP contribution in [-0.4, -0.2) is 29.9 Å². The highest BCUT2D eigenvalue weighted by atomic mass is 16.2. The quantitative estimate of drug-likeness (QED) is 0.688. The molecule has 1 amide bonds. The van der Waals surface area contributed by atoms with Crippen molar-refractivity contribution in [1.82, 2.24) is 4.90 Å². The Hall–Kier alpha value is -1.39. The molecule has 0 aromatic heterocycles. The van der Waals surface area contributed by atoms with E-state index in [1.807, 2.05) is 24.3 Å². The van der Waals surface area contributed by atoms with E-state index in [-0.39, 0.29) is 5.91 Å². The smallest absolute Gasteiger partial charge is 0.238 e. The number of carbonyl (C=O) groups is 1. The van der Waals surface area contributed by atoms with Gasteiger partial charge in [0.15, 0.2) is 0 Å². The zero-order valence-electron chi connectivity index (χ0n) is 13.6. The van der Waals surface area contributed by atoms with Crippen LogP contribution in [0.15, 0.2) is 24.3 Å². The Bertz CT molecular complexity index is 432. The van der Waals surface area contributed by atoms with Gasteiger partial charge in [-0.2, -0.15) is 0 Å². The molecule has 1 aromatic carbocycles. The molecule has 0 aliphatic rings. The number of hydrogen-bond donors (Lipinski definition) is 2. The first-order valence-electron chi connectivity index (χ1n) is 7.89. The summed E-state index contributed by atoms with van der Waals surface area (Å²) in [6.45, 7) is 8.36. The van der Waals surface area contributed by atoms with E-state index < -0.39 is 0 Å². The number of carbonyl (C=O) groups excluding carboxylic acids is 1. The lowest BCUT2D eigenvalue weighted by atomic mass is 10.2. The van der Waals surface area contributed by atoms with Crippen molar-refractivity contribution < 1.29 is 4.79 Å². The Morgan fingerprint density at radius 3 is 2.71 bits per heavy atom. The van der Waals surface area contributed by atoms with Crippen LogP contribution in [0.25, 0.3) is 0 Å². The zero-order chi connectivity index (χ0) is 15.7. The summed E-state index contributed by atoms with van der Waals surface area (Å²) in [7, 11) is 0. The number of hydrogen-bond acceptors (Lipinski definition) is 3. The van der Waals surface area contributed by atoms with Crippen LogP contribution >= 0.6 is 0 Å². The van der Waals surface area contributed by atoms with Crippen molar-refractivity contribution in [3.8, 4) is 0 Å². The van der Waals surface area contributed by atoms with Gasteiger partial charge in [-0.3, -0.25) is 9.69 Å². The molecule has 1 aromatic rings. The second-order valence-electron chi connectivity index (χ2n) is 5.72. The van der Waals surface area contributed by atoms with Crippen molar-refractivity contribution in [1.29, 1.82) is 0 Å². The molecule has 0 fully saturated rings. The largest absolute Gasteiger partial charge is 0.326 e. The molecule has 0 aliphatic carbocycles. The fourth-order valence-corrected chi connectivity index (χ4v) is 2.25. The molecular formula is C17H29N3O. The van der Waals surface area contributed by atoms with E-state index in [1.165, 1.54) is 12.8 Å². The van der Waals surface area contributed by atoms with E-state index >= 15 is 0 Å². The van der Waals surface area contributed by atoms with Crippen molar-refractivity contribution >= 4 is 11.6 Å². The van der Waals surface area contributed by atoms with Crippen molar-refractivity contribution in [3.63, 3.8) is 0 Å². The molecule has 0 unspecified atom stereocenters. The second-order valence-corrected chi connectivity index (χ2v) is 5.72. The number of anilines is 1. The standard InChI is InChI=1S/C17H29N3O/c1-4-5-6-10-20(14(2)3)13-17(21)19-16-9-7-8-15(11-16)12-18/h7-9,11,14H,4-6,10,12-13,18H2,1-3H3,(H,19,21). The summed E-state index contributed by atoms with van der Waals surface area (Å²) >= 11 is 0. The number of rotatable bonds is 9. The van der Waals surface area contributed by atoms with Crippen molar-refractivity contribution in [2.45, 2.75) is 52.6 Å². The minimum absolute atomic E-state index is 0.0365. The van der Waals surface area contributed by atoms with Crippen molar-refractivity contribution in [2.24, 2.45) is 5.73 Å². The highest BCUT2D eigenvalue weighted by Crippen LogP contribution is 2.11. The van der Waals surface area contributed by atoms with E-state index in [0.29, 0.717) is 19.1 Å². The minimum atomic E-state index is 0.0365. The molecule has 4 heteroatoms. The Kier molecular flexibility index (Phi) is 8.01. The number of nitrogens with one attached hydrogen (secondary N) is 1. The summed E-state index contributed by atoms with van der Waals surface area (Å²) in [4.78, 5) is 14.4. The van der Waals surface area contributed by atoms with Crippen LogP contribution in [0.3, 0.4) is 0 Å². The van der Waals surface area contributed by atoms with E-state index in [4.69, 9.17) is 5.73 Å². The summed E-state index contributed by atoms with van der Waals surface area (Å²) in [5, 5.41) is 2.96. The molecule has 1 rings (SSSR count). The first-order valence-corrected chi connectivity index (χ1v) is 7.89. The molecule has 3 N–H and O–H groups in total. The van der Waals surface area contributed by atoms with Gasteiger partial charge in [-0.15, -0.1) is 0 Å². The maximum Gasteiger partial charge on any atom is 0.238 e. The Balaban J connectivity index is 2.52. The van der Waals surface area contributed by atoms with Gasteiger partial charge in [0, 0.05) is 18.3 Å². The van der Waals surface area contributed by atoms with Gasteiger partial charge in [-0.25, -0.2) is 0 Å². The van der Waals surface area contributed by atoms with Gasteiger partial charge in [-0.05, 0) is 44.5 Å². The van der Waals surface area contributed by atoms with Gasteiger partial charge >= 0.3 is 0 Å². The monoisotopic (exact) mass is 291 g/mol. The Labute approximate surface area is 128 Å². The summed E-state index contributed by atoms with van der Waals surface area (Å²) in [6.07, 6.45) is 3.55. The molecule has 0 bridgehead atoms. The van der Waals surface area contributed by atoms with Crippen LogP contribution in [0, 0.1) is 0 Å². The van der Waals surface area contributed by atoms with E-state index in [2.05, 4.69) is 31.0 Å². The van der Waals surface area contributed by atoms with Gasteiger partial charge in [-0.1, -0.05) is 31.9 Å². The van der Waals surface area contributed by atoms with Gasteiger partial charge in [0.2, 0.25) is 5.91 Å². The maximum absolute atomic E-state index is 12.2. The van der Waals surface area contributed by atoms with Crippen LogP contribution in [-0.2, 0) is 11.3 Å². The van der Waals surface area contributed by atoms with Crippen LogP contribution in [0.1, 0.15) is 45.6 Å². The molecule has 0 spiro atoms. The number of amides is 1. The molecule has 0 aliphatic heterocycles. The summed E-state index contributed by atoms with van der Waals surface area (Å²) < 4.78 is 0. The maximum atomic E-state index is 12.2. The minimum Gasteiger partial charge on any atom is -0.326 e. The van der Waals surface area contributed by atoms with E-state index in [0.717, 1.165) is 24.2 Å². The fourth-order valence-electron chi connectivity index (χ4n) is 2.25. The first kappa shape index (κ1) is 17.7. The molecule has 0 saturated heterocycles. The van der Waals surface area contributed by atoms with Crippen molar-refractivity contribution in [2.75, 3.05) is 18.4 Å². The predicted octanol–water partition coefficient (Wildman–Crippen LogP) is 2.98. The first-order chi connectivity index (χ1) is 10.1. The highest BCUT2D eigenvalue weighted by Gasteiger charge is 2.13. The lowest BCUT2D eigenvalue weighted by molar-refractivity contribution is -0.117.